The Kier molecular flexibility index (Phi) is 8.07. The lowest BCUT2D eigenvalue weighted by molar-refractivity contribution is 0.0948. The molecule has 3 rings (SSSR count). The van der Waals surface area contributed by atoms with Crippen LogP contribution in [0, 0.1) is 17.5 Å². The number of rotatable bonds is 8. The van der Waals surface area contributed by atoms with Crippen molar-refractivity contribution in [3.63, 3.8) is 0 Å². The lowest BCUT2D eigenvalue weighted by Gasteiger charge is -2.19. The van der Waals surface area contributed by atoms with Crippen LogP contribution in [0.5, 0.6) is 0 Å². The zero-order chi connectivity index (χ0) is 25.6. The largest absolute Gasteiger partial charge is 0.453 e. The Morgan fingerprint density at radius 2 is 1.60 bits per heavy atom. The van der Waals surface area contributed by atoms with Crippen molar-refractivity contribution < 1.29 is 35.9 Å². The first kappa shape index (κ1) is 25.7. The Labute approximate surface area is 199 Å². The van der Waals surface area contributed by atoms with E-state index in [0.29, 0.717) is 0 Å². The van der Waals surface area contributed by atoms with E-state index in [2.05, 4.69) is 20.4 Å². The first-order chi connectivity index (χ1) is 16.6. The van der Waals surface area contributed by atoms with Crippen LogP contribution in [0.15, 0.2) is 65.7 Å². The van der Waals surface area contributed by atoms with Crippen molar-refractivity contribution in [2.24, 2.45) is 0 Å². The van der Waals surface area contributed by atoms with Gasteiger partial charge in [-0.05, 0) is 54.1 Å². The van der Waals surface area contributed by atoms with Gasteiger partial charge in [-0.15, -0.1) is 0 Å². The molecule has 1 aromatic heterocycles. The summed E-state index contributed by atoms with van der Waals surface area (Å²) in [7, 11) is -3.20. The van der Waals surface area contributed by atoms with Gasteiger partial charge in [-0.25, -0.2) is 26.4 Å². The predicted octanol–water partition coefficient (Wildman–Crippen LogP) is 3.15. The topological polar surface area (TPSA) is 114 Å². The van der Waals surface area contributed by atoms with Crippen LogP contribution < -0.4 is 10.6 Å². The fourth-order valence-electron chi connectivity index (χ4n) is 3.20. The van der Waals surface area contributed by atoms with Gasteiger partial charge in [0.25, 0.3) is 5.91 Å². The summed E-state index contributed by atoms with van der Waals surface area (Å²) in [6, 6.07) is 8.80. The molecule has 0 saturated heterocycles. The van der Waals surface area contributed by atoms with Gasteiger partial charge in [-0.2, -0.15) is 0 Å². The van der Waals surface area contributed by atoms with E-state index in [1.165, 1.54) is 19.2 Å². The van der Waals surface area contributed by atoms with Crippen LogP contribution in [0.4, 0.5) is 18.0 Å². The molecular formula is C23H20F3N3O5S. The number of methoxy groups -OCH3 is 1. The summed E-state index contributed by atoms with van der Waals surface area (Å²) in [5, 5.41) is 3.15. The van der Waals surface area contributed by atoms with Gasteiger partial charge in [0, 0.05) is 24.8 Å². The molecule has 0 bridgehead atoms. The summed E-state index contributed by atoms with van der Waals surface area (Å²) in [6.45, 7) is 0.154. The van der Waals surface area contributed by atoms with E-state index in [9.17, 15) is 31.2 Å². The Balaban J connectivity index is 1.93. The van der Waals surface area contributed by atoms with Crippen LogP contribution in [-0.4, -0.2) is 45.6 Å². The minimum absolute atomic E-state index is 0.0391. The molecule has 0 aliphatic carbocycles. The SMILES string of the molecule is COC(=O)NCCNC(=O)c1ccc(C(c2cc(F)ccc2F)S(=O)(=O)c2ccc(F)cc2)cn1. The fraction of sp³-hybridized carbons (Fsp3) is 0.174. The number of nitrogens with one attached hydrogen (secondary N) is 2. The van der Waals surface area contributed by atoms with E-state index in [-0.39, 0.29) is 29.2 Å². The lowest BCUT2D eigenvalue weighted by atomic mass is 10.0. The first-order valence-corrected chi connectivity index (χ1v) is 11.7. The number of carbonyl (C=O) groups excluding carboxylic acids is 2. The molecule has 12 heteroatoms. The van der Waals surface area contributed by atoms with Crippen molar-refractivity contribution in [1.82, 2.24) is 15.6 Å². The number of nitrogens with zero attached hydrogens (tertiary/aromatic N) is 1. The minimum Gasteiger partial charge on any atom is -0.453 e. The maximum absolute atomic E-state index is 14.7. The van der Waals surface area contributed by atoms with Gasteiger partial charge in [0.15, 0.2) is 9.84 Å². The monoisotopic (exact) mass is 507 g/mol. The van der Waals surface area contributed by atoms with E-state index in [0.717, 1.165) is 48.7 Å². The van der Waals surface area contributed by atoms with Crippen LogP contribution in [0.2, 0.25) is 0 Å². The van der Waals surface area contributed by atoms with Crippen LogP contribution >= 0.6 is 0 Å². The number of sulfone groups is 1. The average molecular weight is 507 g/mol. The minimum atomic E-state index is -4.39. The second-order valence-corrected chi connectivity index (χ2v) is 9.23. The standard InChI is InChI=1S/C23H20F3N3O5S/c1-34-23(31)28-11-10-27-22(30)20-9-2-14(13-29-20)21(18-12-16(25)5-8-19(18)26)35(32,33)17-6-3-15(24)4-7-17/h2-9,12-13,21H,10-11H2,1H3,(H,27,30)(H,28,31). The number of hydrogen-bond donors (Lipinski definition) is 2. The van der Waals surface area contributed by atoms with E-state index in [1.807, 2.05) is 0 Å². The number of carbonyl (C=O) groups is 2. The molecule has 0 saturated carbocycles. The van der Waals surface area contributed by atoms with E-state index < -0.39 is 50.1 Å². The Morgan fingerprint density at radius 3 is 2.23 bits per heavy atom. The molecular weight excluding hydrogens is 487 g/mol. The average Bonchev–Trinajstić information content (AvgIpc) is 2.84. The summed E-state index contributed by atoms with van der Waals surface area (Å²) in [5.74, 6) is -3.11. The summed E-state index contributed by atoms with van der Waals surface area (Å²) in [4.78, 5) is 26.9. The number of benzene rings is 2. The van der Waals surface area contributed by atoms with Crippen molar-refractivity contribution in [1.29, 1.82) is 0 Å². The van der Waals surface area contributed by atoms with Gasteiger partial charge in [0.05, 0.1) is 12.0 Å². The molecule has 1 heterocycles. The highest BCUT2D eigenvalue weighted by Gasteiger charge is 2.33. The quantitative estimate of drug-likeness (QED) is 0.358. The van der Waals surface area contributed by atoms with Crippen LogP contribution in [0.3, 0.4) is 0 Å². The summed E-state index contributed by atoms with van der Waals surface area (Å²) < 4.78 is 73.2. The van der Waals surface area contributed by atoms with Gasteiger partial charge >= 0.3 is 6.09 Å². The maximum atomic E-state index is 14.7. The normalized spacial score (nSPS) is 12.0. The molecule has 2 aromatic carbocycles. The smallest absolute Gasteiger partial charge is 0.406 e. The Morgan fingerprint density at radius 1 is 0.943 bits per heavy atom. The Hall–Kier alpha value is -3.93. The zero-order valence-corrected chi connectivity index (χ0v) is 19.1. The number of hydrogen-bond acceptors (Lipinski definition) is 6. The third-order valence-corrected chi connectivity index (χ3v) is 6.96. The second kappa shape index (κ2) is 11.0. The van der Waals surface area contributed by atoms with Crippen molar-refractivity contribution in [2.75, 3.05) is 20.2 Å². The molecule has 0 aliphatic rings. The van der Waals surface area contributed by atoms with Gasteiger partial charge in [0.1, 0.15) is 28.4 Å². The number of amides is 2. The summed E-state index contributed by atoms with van der Waals surface area (Å²) in [5.41, 5.74) is -0.589. The molecule has 0 radical (unpaired) electrons. The molecule has 1 unspecified atom stereocenters. The van der Waals surface area contributed by atoms with Gasteiger partial charge < -0.3 is 15.4 Å². The number of pyridine rings is 1. The van der Waals surface area contributed by atoms with E-state index in [1.54, 1.807) is 0 Å². The van der Waals surface area contributed by atoms with E-state index >= 15 is 0 Å². The molecule has 184 valence electrons. The van der Waals surface area contributed by atoms with Crippen LogP contribution in [0.25, 0.3) is 0 Å². The molecule has 1 atom stereocenters. The molecule has 3 aromatic rings. The van der Waals surface area contributed by atoms with Crippen molar-refractivity contribution in [3.8, 4) is 0 Å². The third kappa shape index (κ3) is 6.15. The highest BCUT2D eigenvalue weighted by molar-refractivity contribution is 7.91. The predicted molar refractivity (Wildman–Crippen MR) is 119 cm³/mol. The zero-order valence-electron chi connectivity index (χ0n) is 18.3. The van der Waals surface area contributed by atoms with Crippen molar-refractivity contribution >= 4 is 21.8 Å². The molecule has 2 amide bonds. The summed E-state index contributed by atoms with van der Waals surface area (Å²) in [6.07, 6.45) is 0.400. The van der Waals surface area contributed by atoms with E-state index in [4.69, 9.17) is 0 Å². The fourth-order valence-corrected chi connectivity index (χ4v) is 5.00. The third-order valence-electron chi connectivity index (χ3n) is 4.88. The number of alkyl carbamates (subject to hydrolysis) is 1. The number of ether oxygens (including phenoxy) is 1. The number of aromatic nitrogens is 1. The Bertz CT molecular complexity index is 1320. The highest BCUT2D eigenvalue weighted by Crippen LogP contribution is 2.36. The molecule has 2 N–H and O–H groups in total. The molecule has 0 aliphatic heterocycles. The summed E-state index contributed by atoms with van der Waals surface area (Å²) >= 11 is 0. The van der Waals surface area contributed by atoms with Crippen LogP contribution in [0.1, 0.15) is 26.9 Å². The lowest BCUT2D eigenvalue weighted by Crippen LogP contribution is -2.34. The second-order valence-electron chi connectivity index (χ2n) is 7.20. The van der Waals surface area contributed by atoms with Crippen molar-refractivity contribution in [3.05, 3.63) is 95.1 Å². The first-order valence-electron chi connectivity index (χ1n) is 10.1. The van der Waals surface area contributed by atoms with Gasteiger partial charge in [-0.1, -0.05) is 6.07 Å². The van der Waals surface area contributed by atoms with Gasteiger partial charge in [0.2, 0.25) is 0 Å². The van der Waals surface area contributed by atoms with Gasteiger partial charge in [-0.3, -0.25) is 9.78 Å². The maximum Gasteiger partial charge on any atom is 0.406 e. The van der Waals surface area contributed by atoms with Crippen LogP contribution in [-0.2, 0) is 14.6 Å². The molecule has 35 heavy (non-hydrogen) atoms. The molecule has 0 spiro atoms. The molecule has 0 fully saturated rings. The highest BCUT2D eigenvalue weighted by atomic mass is 32.2. The van der Waals surface area contributed by atoms with Crippen molar-refractivity contribution in [2.45, 2.75) is 10.1 Å². The number of halogens is 3. The molecule has 8 nitrogen and oxygen atoms in total.